The van der Waals surface area contributed by atoms with Crippen molar-refractivity contribution in [1.29, 1.82) is 0 Å². The molecule has 1 unspecified atom stereocenters. The van der Waals surface area contributed by atoms with E-state index in [1.807, 2.05) is 0 Å². The van der Waals surface area contributed by atoms with Gasteiger partial charge in [0.15, 0.2) is 0 Å². The maximum absolute atomic E-state index is 13.6. The zero-order valence-electron chi connectivity index (χ0n) is 20.1. The van der Waals surface area contributed by atoms with Gasteiger partial charge in [0.25, 0.3) is 0 Å². The number of rotatable bonds is 5. The van der Waals surface area contributed by atoms with E-state index in [0.29, 0.717) is 37.0 Å². The zero-order valence-corrected chi connectivity index (χ0v) is 20.1. The highest BCUT2D eigenvalue weighted by atomic mass is 19.4. The molecule has 4 nitrogen and oxygen atoms in total. The fourth-order valence-electron chi connectivity index (χ4n) is 5.49. The fraction of sp³-hybridized carbons (Fsp3) is 0.500. The number of hydrogen-bond donors (Lipinski definition) is 2. The first-order valence-electron chi connectivity index (χ1n) is 11.9. The van der Waals surface area contributed by atoms with Crippen LogP contribution in [0.2, 0.25) is 0 Å². The molecular formula is C26H27F7N2O2. The van der Waals surface area contributed by atoms with Crippen LogP contribution in [0.4, 0.5) is 30.7 Å². The molecule has 3 N–H and O–H groups in total. The Morgan fingerprint density at radius 2 is 1.57 bits per heavy atom. The summed E-state index contributed by atoms with van der Waals surface area (Å²) in [5, 5.41) is 2.91. The highest BCUT2D eigenvalue weighted by Gasteiger charge is 2.49. The van der Waals surface area contributed by atoms with Gasteiger partial charge < -0.3 is 15.8 Å². The Hall–Kier alpha value is -2.66. The molecule has 2 aliphatic rings. The lowest BCUT2D eigenvalue weighted by Crippen LogP contribution is -2.43. The van der Waals surface area contributed by atoms with Crippen LogP contribution in [-0.2, 0) is 21.9 Å². The molecular weight excluding hydrogens is 505 g/mol. The average Bonchev–Trinajstić information content (AvgIpc) is 3.32. The Labute approximate surface area is 209 Å². The Kier molecular flexibility index (Phi) is 7.09. The molecule has 1 amide bonds. The second-order valence-corrected chi connectivity index (χ2v) is 10.2. The van der Waals surface area contributed by atoms with E-state index < -0.39 is 53.0 Å². The lowest BCUT2D eigenvalue weighted by molar-refractivity contribution is -0.143. The predicted octanol–water partition coefficient (Wildman–Crippen LogP) is 6.11. The normalized spacial score (nSPS) is 29.4. The summed E-state index contributed by atoms with van der Waals surface area (Å²) in [6.07, 6.45) is -10.3. The van der Waals surface area contributed by atoms with E-state index in [-0.39, 0.29) is 29.5 Å². The monoisotopic (exact) mass is 532 g/mol. The van der Waals surface area contributed by atoms with Gasteiger partial charge in [-0.2, -0.15) is 26.3 Å². The van der Waals surface area contributed by atoms with Crippen LogP contribution in [0.5, 0.6) is 0 Å². The summed E-state index contributed by atoms with van der Waals surface area (Å²) in [4.78, 5) is 12.3. The smallest absolute Gasteiger partial charge is 0.370 e. The van der Waals surface area contributed by atoms with Crippen molar-refractivity contribution in [3.05, 3.63) is 70.5 Å². The number of amides is 1. The molecule has 1 saturated heterocycles. The molecule has 4 rings (SSSR count). The molecule has 2 aromatic rings. The van der Waals surface area contributed by atoms with Crippen molar-refractivity contribution in [2.45, 2.75) is 75.2 Å². The Morgan fingerprint density at radius 1 is 1.00 bits per heavy atom. The number of benzene rings is 2. The minimum absolute atomic E-state index is 0.0791. The second kappa shape index (κ2) is 9.58. The molecule has 0 bridgehead atoms. The van der Waals surface area contributed by atoms with Gasteiger partial charge in [-0.15, -0.1) is 0 Å². The summed E-state index contributed by atoms with van der Waals surface area (Å²) in [5.74, 6) is -1.34. The van der Waals surface area contributed by atoms with Crippen LogP contribution in [0.1, 0.15) is 67.4 Å². The molecule has 202 valence electrons. The summed E-state index contributed by atoms with van der Waals surface area (Å²) < 4.78 is 99.9. The first kappa shape index (κ1) is 27.4. The van der Waals surface area contributed by atoms with Gasteiger partial charge >= 0.3 is 12.4 Å². The van der Waals surface area contributed by atoms with E-state index in [0.717, 1.165) is 0 Å². The number of hydrogen-bond acceptors (Lipinski definition) is 3. The van der Waals surface area contributed by atoms with Crippen LogP contribution < -0.4 is 11.1 Å². The third-order valence-electron chi connectivity index (χ3n) is 7.36. The molecule has 0 radical (unpaired) electrons. The van der Waals surface area contributed by atoms with E-state index in [1.54, 1.807) is 19.1 Å². The van der Waals surface area contributed by atoms with Crippen molar-refractivity contribution in [3.63, 3.8) is 0 Å². The first-order chi connectivity index (χ1) is 17.1. The summed E-state index contributed by atoms with van der Waals surface area (Å²) in [6, 6.07) is 6.78. The van der Waals surface area contributed by atoms with Crippen LogP contribution >= 0.6 is 0 Å². The van der Waals surface area contributed by atoms with Gasteiger partial charge in [-0.25, -0.2) is 4.39 Å². The van der Waals surface area contributed by atoms with Gasteiger partial charge in [0.05, 0.1) is 28.9 Å². The summed E-state index contributed by atoms with van der Waals surface area (Å²) in [6.45, 7) is 3.02. The maximum Gasteiger partial charge on any atom is 0.416 e. The van der Waals surface area contributed by atoms with Gasteiger partial charge in [-0.3, -0.25) is 4.79 Å². The van der Waals surface area contributed by atoms with Crippen molar-refractivity contribution in [2.24, 2.45) is 11.7 Å². The molecule has 1 aliphatic heterocycles. The zero-order chi connectivity index (χ0) is 27.3. The quantitative estimate of drug-likeness (QED) is 0.457. The van der Waals surface area contributed by atoms with Gasteiger partial charge in [0.1, 0.15) is 5.82 Å². The second-order valence-electron chi connectivity index (χ2n) is 10.2. The van der Waals surface area contributed by atoms with E-state index >= 15 is 0 Å². The van der Waals surface area contributed by atoms with Crippen LogP contribution in [0.3, 0.4) is 0 Å². The van der Waals surface area contributed by atoms with E-state index in [2.05, 4.69) is 5.32 Å². The summed E-state index contributed by atoms with van der Waals surface area (Å²) >= 11 is 0. The molecule has 2 fully saturated rings. The molecule has 37 heavy (non-hydrogen) atoms. The Bertz CT molecular complexity index is 1110. The van der Waals surface area contributed by atoms with Gasteiger partial charge in [0.2, 0.25) is 5.91 Å². The number of nitrogens with one attached hydrogen (secondary N) is 1. The predicted molar refractivity (Wildman–Crippen MR) is 121 cm³/mol. The molecule has 0 spiro atoms. The fourth-order valence-corrected chi connectivity index (χ4v) is 5.49. The van der Waals surface area contributed by atoms with E-state index in [1.165, 1.54) is 19.1 Å². The van der Waals surface area contributed by atoms with E-state index in [4.69, 9.17) is 10.5 Å². The SMILES string of the molecule is C[C@@H](O[C@H]1CCC([C@@H]2C[C@](C)(N)C(=O)N2)[C@@H]1c1ccc(F)cc1)c1cc(C(F)(F)F)cc(C(F)(F)F)c1. The van der Waals surface area contributed by atoms with Gasteiger partial charge in [-0.05, 0) is 80.5 Å². The maximum atomic E-state index is 13.6. The number of halogens is 7. The third-order valence-corrected chi connectivity index (χ3v) is 7.36. The highest BCUT2D eigenvalue weighted by molar-refractivity contribution is 5.88. The van der Waals surface area contributed by atoms with Crippen molar-refractivity contribution >= 4 is 5.91 Å². The van der Waals surface area contributed by atoms with Crippen LogP contribution in [-0.4, -0.2) is 23.6 Å². The molecule has 0 aromatic heterocycles. The minimum atomic E-state index is -4.97. The number of nitrogens with two attached hydrogens (primary N) is 1. The van der Waals surface area contributed by atoms with Crippen molar-refractivity contribution in [3.8, 4) is 0 Å². The topological polar surface area (TPSA) is 64.3 Å². The summed E-state index contributed by atoms with van der Waals surface area (Å²) in [7, 11) is 0. The number of ether oxygens (including phenoxy) is 1. The third kappa shape index (κ3) is 5.77. The van der Waals surface area contributed by atoms with Crippen molar-refractivity contribution in [1.82, 2.24) is 5.32 Å². The summed E-state index contributed by atoms with van der Waals surface area (Å²) in [5.41, 5.74) is 2.63. The highest BCUT2D eigenvalue weighted by Crippen LogP contribution is 2.47. The first-order valence-corrected chi connectivity index (χ1v) is 11.9. The van der Waals surface area contributed by atoms with Crippen molar-refractivity contribution in [2.75, 3.05) is 0 Å². The Morgan fingerprint density at radius 3 is 2.05 bits per heavy atom. The van der Waals surface area contributed by atoms with Crippen LogP contribution in [0, 0.1) is 11.7 Å². The number of alkyl halides is 6. The Balaban J connectivity index is 1.65. The lowest BCUT2D eigenvalue weighted by atomic mass is 9.81. The van der Waals surface area contributed by atoms with Gasteiger partial charge in [-0.1, -0.05) is 12.1 Å². The number of carbonyl (C=O) groups is 1. The van der Waals surface area contributed by atoms with E-state index in [9.17, 15) is 35.5 Å². The number of carbonyl (C=O) groups excluding carboxylic acids is 1. The molecule has 6 atom stereocenters. The minimum Gasteiger partial charge on any atom is -0.370 e. The molecule has 11 heteroatoms. The van der Waals surface area contributed by atoms with Crippen LogP contribution in [0.25, 0.3) is 0 Å². The standard InChI is InChI=1S/C26H27F7N2O2/c1-13(15-9-16(25(28,29)30)11-17(10-15)26(31,32)33)37-21-8-7-19(20-12-24(2,34)23(36)35-20)22(21)14-3-5-18(27)6-4-14/h3-6,9-11,13,19-22H,7-8,12,34H2,1-2H3,(H,35,36)/t13-,19?,20+,21+,22+,24+/m1/s1. The molecule has 1 saturated carbocycles. The molecule has 1 heterocycles. The van der Waals surface area contributed by atoms with Gasteiger partial charge in [0, 0.05) is 12.0 Å². The lowest BCUT2D eigenvalue weighted by Gasteiger charge is -2.31. The largest absolute Gasteiger partial charge is 0.416 e. The molecule has 2 aromatic carbocycles. The average molecular weight is 533 g/mol. The van der Waals surface area contributed by atoms with Crippen molar-refractivity contribution < 1.29 is 40.3 Å². The van der Waals surface area contributed by atoms with Crippen LogP contribution in [0.15, 0.2) is 42.5 Å². The molecule has 1 aliphatic carbocycles.